The summed E-state index contributed by atoms with van der Waals surface area (Å²) >= 11 is 7.56. The topological polar surface area (TPSA) is 41.6 Å². The molecule has 2 heterocycles. The second-order valence-electron chi connectivity index (χ2n) is 4.73. The highest BCUT2D eigenvalue weighted by Crippen LogP contribution is 2.33. The first-order chi connectivity index (χ1) is 10.7. The number of nitrogens with one attached hydrogen (secondary N) is 1. The van der Waals surface area contributed by atoms with Crippen LogP contribution < -0.4 is 5.43 Å². The van der Waals surface area contributed by atoms with E-state index in [1.165, 1.54) is 5.01 Å². The van der Waals surface area contributed by atoms with Crippen LogP contribution in [0.4, 0.5) is 4.79 Å². The molecule has 1 amide bonds. The number of ether oxygens (including phenoxy) is 1. The van der Waals surface area contributed by atoms with Gasteiger partial charge in [0, 0.05) is 5.02 Å². The first-order valence-electron chi connectivity index (χ1n) is 6.93. The van der Waals surface area contributed by atoms with E-state index < -0.39 is 6.09 Å². The summed E-state index contributed by atoms with van der Waals surface area (Å²) in [4.78, 5) is 13.3. The van der Waals surface area contributed by atoms with Gasteiger partial charge in [-0.1, -0.05) is 29.8 Å². The minimum Gasteiger partial charge on any atom is -0.448 e. The Balaban J connectivity index is 1.93. The Bertz CT molecular complexity index is 683. The van der Waals surface area contributed by atoms with Gasteiger partial charge in [-0.3, -0.25) is 5.43 Å². The predicted octanol–water partition coefficient (Wildman–Crippen LogP) is 4.46. The normalized spacial score (nSPS) is 17.1. The van der Waals surface area contributed by atoms with Crippen LogP contribution in [0.3, 0.4) is 0 Å². The number of amides is 1. The van der Waals surface area contributed by atoms with Crippen molar-refractivity contribution in [1.29, 1.82) is 0 Å². The molecule has 1 aliphatic heterocycles. The zero-order chi connectivity index (χ0) is 15.5. The van der Waals surface area contributed by atoms with Gasteiger partial charge >= 0.3 is 6.09 Å². The molecule has 1 aromatic heterocycles. The molecular weight excluding hydrogens is 320 g/mol. The van der Waals surface area contributed by atoms with Gasteiger partial charge in [0.15, 0.2) is 0 Å². The fraction of sp³-hybridized carbons (Fsp3) is 0.188. The second kappa shape index (κ2) is 6.42. The van der Waals surface area contributed by atoms with Crippen molar-refractivity contribution in [2.45, 2.75) is 13.0 Å². The van der Waals surface area contributed by atoms with Gasteiger partial charge in [0.25, 0.3) is 0 Å². The largest absolute Gasteiger partial charge is 0.448 e. The number of thiophene rings is 1. The Kier molecular flexibility index (Phi) is 4.36. The van der Waals surface area contributed by atoms with E-state index in [0.717, 1.165) is 16.1 Å². The van der Waals surface area contributed by atoms with Crippen molar-refractivity contribution in [2.75, 3.05) is 6.61 Å². The van der Waals surface area contributed by atoms with Crippen molar-refractivity contribution >= 4 is 34.7 Å². The summed E-state index contributed by atoms with van der Waals surface area (Å²) < 4.78 is 5.14. The van der Waals surface area contributed by atoms with Crippen LogP contribution in [-0.2, 0) is 4.74 Å². The van der Waals surface area contributed by atoms with Gasteiger partial charge in [0.2, 0.25) is 0 Å². The van der Waals surface area contributed by atoms with E-state index in [4.69, 9.17) is 16.3 Å². The maximum Gasteiger partial charge on any atom is 0.429 e. The van der Waals surface area contributed by atoms with E-state index in [2.05, 4.69) is 5.43 Å². The van der Waals surface area contributed by atoms with Gasteiger partial charge in [0.05, 0.1) is 17.2 Å². The SMILES string of the molecule is CCOC(=O)N1NC(c2cccs2)=CC1c1ccc(Cl)cc1. The zero-order valence-electron chi connectivity index (χ0n) is 12.0. The van der Waals surface area contributed by atoms with Crippen LogP contribution in [-0.4, -0.2) is 17.7 Å². The zero-order valence-corrected chi connectivity index (χ0v) is 13.5. The number of nitrogens with zero attached hydrogens (tertiary/aromatic N) is 1. The molecule has 4 nitrogen and oxygen atoms in total. The molecule has 0 fully saturated rings. The number of carbonyl (C=O) groups excluding carboxylic acids is 1. The molecule has 0 spiro atoms. The lowest BCUT2D eigenvalue weighted by molar-refractivity contribution is 0.0896. The lowest BCUT2D eigenvalue weighted by atomic mass is 10.1. The minimum atomic E-state index is -0.398. The number of rotatable bonds is 3. The van der Waals surface area contributed by atoms with Crippen LogP contribution in [0.15, 0.2) is 47.9 Å². The van der Waals surface area contributed by atoms with E-state index in [1.54, 1.807) is 18.3 Å². The summed E-state index contributed by atoms with van der Waals surface area (Å²) in [7, 11) is 0. The monoisotopic (exact) mass is 334 g/mol. The third kappa shape index (κ3) is 2.96. The van der Waals surface area contributed by atoms with Crippen LogP contribution in [0.5, 0.6) is 0 Å². The molecule has 1 N–H and O–H groups in total. The molecule has 2 aromatic rings. The molecule has 3 rings (SSSR count). The van der Waals surface area contributed by atoms with E-state index in [-0.39, 0.29) is 6.04 Å². The van der Waals surface area contributed by atoms with Crippen molar-refractivity contribution < 1.29 is 9.53 Å². The third-order valence-electron chi connectivity index (χ3n) is 3.31. The number of hydrazine groups is 1. The van der Waals surface area contributed by atoms with Gasteiger partial charge in [-0.2, -0.15) is 0 Å². The fourth-order valence-corrected chi connectivity index (χ4v) is 3.12. The summed E-state index contributed by atoms with van der Waals surface area (Å²) in [5.41, 5.74) is 5.01. The molecule has 0 saturated heterocycles. The number of hydrogen-bond donors (Lipinski definition) is 1. The molecule has 0 radical (unpaired) electrons. The second-order valence-corrected chi connectivity index (χ2v) is 6.12. The van der Waals surface area contributed by atoms with Crippen LogP contribution in [0.25, 0.3) is 5.70 Å². The average Bonchev–Trinajstić information content (AvgIpc) is 3.17. The number of benzene rings is 1. The molecule has 1 atom stereocenters. The van der Waals surface area contributed by atoms with Crippen molar-refractivity contribution in [3.05, 3.63) is 63.3 Å². The molecule has 0 aliphatic carbocycles. The highest BCUT2D eigenvalue weighted by atomic mass is 35.5. The molecule has 1 aromatic carbocycles. The molecule has 114 valence electrons. The van der Waals surface area contributed by atoms with Crippen LogP contribution in [0.1, 0.15) is 23.4 Å². The number of hydrogen-bond acceptors (Lipinski definition) is 4. The van der Waals surface area contributed by atoms with E-state index >= 15 is 0 Å². The molecule has 6 heteroatoms. The van der Waals surface area contributed by atoms with Crippen LogP contribution in [0, 0.1) is 0 Å². The maximum atomic E-state index is 12.2. The first-order valence-corrected chi connectivity index (χ1v) is 8.18. The lowest BCUT2D eigenvalue weighted by Gasteiger charge is -2.24. The highest BCUT2D eigenvalue weighted by molar-refractivity contribution is 7.11. The smallest absolute Gasteiger partial charge is 0.429 e. The van der Waals surface area contributed by atoms with Crippen molar-refractivity contribution in [2.24, 2.45) is 0 Å². The van der Waals surface area contributed by atoms with Crippen LogP contribution >= 0.6 is 22.9 Å². The Morgan fingerprint density at radius 3 is 2.77 bits per heavy atom. The lowest BCUT2D eigenvalue weighted by Crippen LogP contribution is -2.39. The van der Waals surface area contributed by atoms with Crippen molar-refractivity contribution in [3.63, 3.8) is 0 Å². The van der Waals surface area contributed by atoms with Gasteiger partial charge in [0.1, 0.15) is 6.04 Å². The number of carbonyl (C=O) groups is 1. The molecule has 0 bridgehead atoms. The Morgan fingerprint density at radius 2 is 2.14 bits per heavy atom. The van der Waals surface area contributed by atoms with E-state index in [1.807, 2.05) is 47.9 Å². The number of halogens is 1. The Morgan fingerprint density at radius 1 is 1.36 bits per heavy atom. The molecule has 0 saturated carbocycles. The Hall–Kier alpha value is -1.98. The highest BCUT2D eigenvalue weighted by Gasteiger charge is 2.32. The quantitative estimate of drug-likeness (QED) is 0.901. The molecule has 1 unspecified atom stereocenters. The van der Waals surface area contributed by atoms with E-state index in [9.17, 15) is 4.79 Å². The van der Waals surface area contributed by atoms with Gasteiger partial charge in [-0.25, -0.2) is 9.80 Å². The summed E-state index contributed by atoms with van der Waals surface area (Å²) in [6, 6.07) is 11.2. The van der Waals surface area contributed by atoms with Gasteiger partial charge in [-0.15, -0.1) is 11.3 Å². The van der Waals surface area contributed by atoms with Crippen LogP contribution in [0.2, 0.25) is 5.02 Å². The molecule has 22 heavy (non-hydrogen) atoms. The maximum absolute atomic E-state index is 12.2. The Labute approximate surface area is 137 Å². The minimum absolute atomic E-state index is 0.228. The van der Waals surface area contributed by atoms with Gasteiger partial charge < -0.3 is 4.74 Å². The molecule has 1 aliphatic rings. The standard InChI is InChI=1S/C16H15ClN2O2S/c1-2-21-16(20)19-14(11-5-7-12(17)8-6-11)10-13(18-19)15-4-3-9-22-15/h3-10,14,18H,2H2,1H3. The average molecular weight is 335 g/mol. The summed E-state index contributed by atoms with van der Waals surface area (Å²) in [5, 5.41) is 4.17. The van der Waals surface area contributed by atoms with Crippen molar-refractivity contribution in [1.82, 2.24) is 10.4 Å². The van der Waals surface area contributed by atoms with E-state index in [0.29, 0.717) is 11.6 Å². The van der Waals surface area contributed by atoms with Crippen molar-refractivity contribution in [3.8, 4) is 0 Å². The third-order valence-corrected chi connectivity index (χ3v) is 4.46. The molecular formula is C16H15ClN2O2S. The first kappa shape index (κ1) is 14.9. The predicted molar refractivity (Wildman–Crippen MR) is 88.5 cm³/mol. The summed E-state index contributed by atoms with van der Waals surface area (Å²) in [6.07, 6.45) is 1.62. The van der Waals surface area contributed by atoms with Gasteiger partial charge in [-0.05, 0) is 42.1 Å². The fourth-order valence-electron chi connectivity index (χ4n) is 2.30. The summed E-state index contributed by atoms with van der Waals surface area (Å²) in [5.74, 6) is 0. The summed E-state index contributed by atoms with van der Waals surface area (Å²) in [6.45, 7) is 2.12.